The second kappa shape index (κ2) is 12.0. The van der Waals surface area contributed by atoms with Crippen molar-refractivity contribution in [2.75, 3.05) is 20.1 Å². The van der Waals surface area contributed by atoms with E-state index in [0.717, 1.165) is 16.7 Å². The Morgan fingerprint density at radius 2 is 1.57 bits per heavy atom. The van der Waals surface area contributed by atoms with Gasteiger partial charge >= 0.3 is 18.4 Å². The van der Waals surface area contributed by atoms with Crippen molar-refractivity contribution in [1.82, 2.24) is 14.7 Å². The summed E-state index contributed by atoms with van der Waals surface area (Å²) in [4.78, 5) is 32.6. The van der Waals surface area contributed by atoms with E-state index in [4.69, 9.17) is 0 Å². The molecule has 2 heterocycles. The third-order valence-electron chi connectivity index (χ3n) is 9.04. The van der Waals surface area contributed by atoms with Crippen LogP contribution in [-0.4, -0.2) is 52.8 Å². The number of hydrogen-bond donors (Lipinski definition) is 0. The van der Waals surface area contributed by atoms with Crippen LogP contribution in [0, 0.1) is 19.3 Å². The van der Waals surface area contributed by atoms with Gasteiger partial charge in [-0.1, -0.05) is 35.9 Å². The van der Waals surface area contributed by atoms with Gasteiger partial charge in [-0.05, 0) is 74.9 Å². The Hall–Kier alpha value is -3.76. The van der Waals surface area contributed by atoms with Gasteiger partial charge in [0.1, 0.15) is 0 Å². The number of halogens is 6. The molecule has 0 unspecified atom stereocenters. The maximum absolute atomic E-state index is 14.2. The molecule has 4 rings (SSSR count). The van der Waals surface area contributed by atoms with Crippen LogP contribution in [0.4, 0.5) is 31.1 Å². The standard InChI is InChI=1S/C33H37F6N3O2/c1-7-11-31(12-8-2)19-27-28(26-15-20(3)9-10-21(26)4)42(14-13-41(27)29(31)43)30(44)40(6)22(5)23-16-24(32(34,35)36)18-25(17-23)33(37,38)39/h7-10,15-18,22,27-28H,1-2,11-14,19H2,3-6H3/t22-,27+,28+/m1/s1. The van der Waals surface area contributed by atoms with Crippen LogP contribution in [0.2, 0.25) is 0 Å². The first-order chi connectivity index (χ1) is 20.4. The lowest BCUT2D eigenvalue weighted by atomic mass is 9.76. The summed E-state index contributed by atoms with van der Waals surface area (Å²) in [7, 11) is 1.37. The summed E-state index contributed by atoms with van der Waals surface area (Å²) in [6.45, 7) is 13.3. The largest absolute Gasteiger partial charge is 0.416 e. The van der Waals surface area contributed by atoms with E-state index >= 15 is 0 Å². The molecule has 0 saturated carbocycles. The van der Waals surface area contributed by atoms with E-state index in [1.54, 1.807) is 22.0 Å². The first kappa shape index (κ1) is 33.1. The van der Waals surface area contributed by atoms with Crippen molar-refractivity contribution in [3.05, 3.63) is 95.1 Å². The zero-order valence-electron chi connectivity index (χ0n) is 25.2. The number of carbonyl (C=O) groups excluding carboxylic acids is 2. The summed E-state index contributed by atoms with van der Waals surface area (Å²) < 4.78 is 81.5. The molecule has 2 fully saturated rings. The summed E-state index contributed by atoms with van der Waals surface area (Å²) in [5, 5.41) is 0. The number of alkyl halides is 6. The minimum atomic E-state index is -5.01. The number of amides is 3. The number of hydrogen-bond acceptors (Lipinski definition) is 2. The Kier molecular flexibility index (Phi) is 9.01. The average Bonchev–Trinajstić information content (AvgIpc) is 3.22. The third-order valence-corrected chi connectivity index (χ3v) is 9.04. The normalized spacial score (nSPS) is 20.7. The number of urea groups is 1. The zero-order valence-corrected chi connectivity index (χ0v) is 25.2. The van der Waals surface area contributed by atoms with E-state index in [1.165, 1.54) is 18.9 Å². The Labute approximate surface area is 253 Å². The Balaban J connectivity index is 1.77. The SMILES string of the molecule is C=CCC1(CC=C)C[C@H]2[C@H](c3cc(C)ccc3C)N(C(=O)N(C)[C@H](C)c3cc(C(F)(F)F)cc(C(F)(F)F)c3)CCN2C1=O. The van der Waals surface area contributed by atoms with E-state index in [1.807, 2.05) is 32.0 Å². The highest BCUT2D eigenvalue weighted by molar-refractivity contribution is 5.87. The van der Waals surface area contributed by atoms with Crippen molar-refractivity contribution in [1.29, 1.82) is 0 Å². The van der Waals surface area contributed by atoms with Gasteiger partial charge in [0.05, 0.1) is 34.7 Å². The Bertz CT molecular complexity index is 1410. The van der Waals surface area contributed by atoms with E-state index in [9.17, 15) is 35.9 Å². The summed E-state index contributed by atoms with van der Waals surface area (Å²) in [6.07, 6.45) is -5.35. The van der Waals surface area contributed by atoms with Gasteiger partial charge in [-0.15, -0.1) is 13.2 Å². The second-order valence-electron chi connectivity index (χ2n) is 11.9. The smallest absolute Gasteiger partial charge is 0.335 e. The lowest BCUT2D eigenvalue weighted by Crippen LogP contribution is -2.57. The maximum Gasteiger partial charge on any atom is 0.416 e. The molecule has 0 spiro atoms. The molecule has 2 saturated heterocycles. The molecule has 0 radical (unpaired) electrons. The van der Waals surface area contributed by atoms with Gasteiger partial charge in [0.2, 0.25) is 5.91 Å². The topological polar surface area (TPSA) is 43.9 Å². The second-order valence-corrected chi connectivity index (χ2v) is 11.9. The molecule has 5 nitrogen and oxygen atoms in total. The van der Waals surface area contributed by atoms with Crippen molar-refractivity contribution >= 4 is 11.9 Å². The molecule has 0 aliphatic carbocycles. The predicted molar refractivity (Wildman–Crippen MR) is 156 cm³/mol. The van der Waals surface area contributed by atoms with Gasteiger partial charge in [0, 0.05) is 20.1 Å². The molecule has 2 aromatic rings. The zero-order chi connectivity index (χ0) is 32.8. The van der Waals surface area contributed by atoms with Crippen LogP contribution in [0.1, 0.15) is 71.7 Å². The minimum Gasteiger partial charge on any atom is -0.335 e. The van der Waals surface area contributed by atoms with Crippen LogP contribution < -0.4 is 0 Å². The Morgan fingerprint density at radius 1 is 1.00 bits per heavy atom. The van der Waals surface area contributed by atoms with E-state index in [2.05, 4.69) is 13.2 Å². The van der Waals surface area contributed by atoms with Crippen LogP contribution in [0.25, 0.3) is 0 Å². The maximum atomic E-state index is 14.2. The highest BCUT2D eigenvalue weighted by Crippen LogP contribution is 2.50. The first-order valence-corrected chi connectivity index (χ1v) is 14.4. The molecule has 2 aromatic carbocycles. The van der Waals surface area contributed by atoms with E-state index in [-0.39, 0.29) is 30.6 Å². The molecular weight excluding hydrogens is 584 g/mol. The van der Waals surface area contributed by atoms with Crippen LogP contribution in [0.5, 0.6) is 0 Å². The predicted octanol–water partition coefficient (Wildman–Crippen LogP) is 8.25. The molecule has 238 valence electrons. The molecule has 0 N–H and O–H groups in total. The van der Waals surface area contributed by atoms with Crippen LogP contribution in [0.3, 0.4) is 0 Å². The summed E-state index contributed by atoms with van der Waals surface area (Å²) >= 11 is 0. The number of carbonyl (C=O) groups is 2. The fourth-order valence-corrected chi connectivity index (χ4v) is 6.62. The molecule has 0 bridgehead atoms. The number of allylic oxidation sites excluding steroid dienone is 2. The molecule has 44 heavy (non-hydrogen) atoms. The number of rotatable bonds is 7. The average molecular weight is 622 g/mol. The minimum absolute atomic E-state index is 0.0462. The number of nitrogens with zero attached hydrogens (tertiary/aromatic N) is 3. The number of aryl methyl sites for hydroxylation is 2. The van der Waals surface area contributed by atoms with Gasteiger partial charge in [-0.25, -0.2) is 4.79 Å². The van der Waals surface area contributed by atoms with Gasteiger partial charge in [-0.3, -0.25) is 4.79 Å². The van der Waals surface area contributed by atoms with Crippen molar-refractivity contribution < 1.29 is 35.9 Å². The van der Waals surface area contributed by atoms with Crippen molar-refractivity contribution in [3.8, 4) is 0 Å². The van der Waals surface area contributed by atoms with E-state index < -0.39 is 53.1 Å². The highest BCUT2D eigenvalue weighted by Gasteiger charge is 2.56. The molecule has 2 aliphatic heterocycles. The lowest BCUT2D eigenvalue weighted by Gasteiger charge is -2.47. The molecule has 0 aromatic heterocycles. The fraction of sp³-hybridized carbons (Fsp3) is 0.455. The van der Waals surface area contributed by atoms with Crippen molar-refractivity contribution in [3.63, 3.8) is 0 Å². The third kappa shape index (κ3) is 6.10. The first-order valence-electron chi connectivity index (χ1n) is 14.4. The van der Waals surface area contributed by atoms with Gasteiger partial charge < -0.3 is 14.7 Å². The summed E-state index contributed by atoms with van der Waals surface area (Å²) in [5.74, 6) is -0.0462. The lowest BCUT2D eigenvalue weighted by molar-refractivity contribution is -0.143. The summed E-state index contributed by atoms with van der Waals surface area (Å²) in [5.41, 5.74) is -1.29. The summed E-state index contributed by atoms with van der Waals surface area (Å²) in [6, 6.07) is 4.50. The number of benzene rings is 2. The number of fused-ring (bicyclic) bond motifs is 1. The van der Waals surface area contributed by atoms with Gasteiger partial charge in [0.15, 0.2) is 0 Å². The molecule has 11 heteroatoms. The Morgan fingerprint density at radius 3 is 2.09 bits per heavy atom. The quantitative estimate of drug-likeness (QED) is 0.231. The number of piperazine rings is 1. The molecule has 2 aliphatic rings. The van der Waals surface area contributed by atoms with Gasteiger partial charge in [0.25, 0.3) is 0 Å². The van der Waals surface area contributed by atoms with Crippen molar-refractivity contribution in [2.24, 2.45) is 5.41 Å². The highest BCUT2D eigenvalue weighted by atomic mass is 19.4. The van der Waals surface area contributed by atoms with Gasteiger partial charge in [-0.2, -0.15) is 26.3 Å². The van der Waals surface area contributed by atoms with Crippen LogP contribution in [0.15, 0.2) is 61.7 Å². The molecule has 3 amide bonds. The van der Waals surface area contributed by atoms with Crippen LogP contribution in [-0.2, 0) is 17.1 Å². The fourth-order valence-electron chi connectivity index (χ4n) is 6.62. The van der Waals surface area contributed by atoms with Crippen LogP contribution >= 0.6 is 0 Å². The molecular formula is C33H37F6N3O2. The monoisotopic (exact) mass is 621 g/mol. The molecule has 3 atom stereocenters. The van der Waals surface area contributed by atoms with Crippen molar-refractivity contribution in [2.45, 2.75) is 70.5 Å². The van der Waals surface area contributed by atoms with E-state index in [0.29, 0.717) is 31.4 Å².